The number of piperidine rings is 1. The van der Waals surface area contributed by atoms with Crippen molar-refractivity contribution in [1.29, 1.82) is 0 Å². The number of nitrogens with zero attached hydrogens (tertiary/aromatic N) is 2. The second-order valence-electron chi connectivity index (χ2n) is 6.67. The van der Waals surface area contributed by atoms with E-state index in [0.717, 1.165) is 43.6 Å². The summed E-state index contributed by atoms with van der Waals surface area (Å²) in [5.74, 6) is 0.414. The second-order valence-corrected chi connectivity index (χ2v) is 6.67. The first-order chi connectivity index (χ1) is 11.6. The molecule has 3 rings (SSSR count). The molecule has 0 radical (unpaired) electrons. The van der Waals surface area contributed by atoms with E-state index in [9.17, 15) is 9.59 Å². The van der Waals surface area contributed by atoms with E-state index in [1.807, 2.05) is 13.0 Å². The molecule has 0 atom stereocenters. The molecule has 2 aliphatic rings. The van der Waals surface area contributed by atoms with Crippen molar-refractivity contribution in [3.05, 3.63) is 23.8 Å². The lowest BCUT2D eigenvalue weighted by atomic mass is 9.93. The third-order valence-electron chi connectivity index (χ3n) is 5.04. The van der Waals surface area contributed by atoms with Crippen LogP contribution in [0.25, 0.3) is 0 Å². The molecule has 1 aromatic carbocycles. The smallest absolute Gasteiger partial charge is 0.328 e. The zero-order valence-electron chi connectivity index (χ0n) is 14.1. The molecule has 6 heteroatoms. The monoisotopic (exact) mass is 331 g/mol. The Hall–Kier alpha value is -2.08. The number of rotatable bonds is 4. The van der Waals surface area contributed by atoms with Gasteiger partial charge in [0.1, 0.15) is 0 Å². The van der Waals surface area contributed by atoms with Gasteiger partial charge >= 0.3 is 6.03 Å². The maximum absolute atomic E-state index is 12.0. The fourth-order valence-electron chi connectivity index (χ4n) is 3.60. The van der Waals surface area contributed by atoms with Crippen LogP contribution in [0, 0.1) is 12.8 Å². The van der Waals surface area contributed by atoms with Crippen molar-refractivity contribution >= 4 is 23.3 Å². The molecule has 2 aliphatic heterocycles. The first-order valence-electron chi connectivity index (χ1n) is 8.66. The van der Waals surface area contributed by atoms with E-state index in [-0.39, 0.29) is 18.5 Å². The first-order valence-corrected chi connectivity index (χ1v) is 8.66. The van der Waals surface area contributed by atoms with Crippen LogP contribution in [-0.4, -0.2) is 43.3 Å². The topological polar surface area (TPSA) is 72.9 Å². The third kappa shape index (κ3) is 3.53. The Morgan fingerprint density at radius 2 is 1.96 bits per heavy atom. The van der Waals surface area contributed by atoms with E-state index < -0.39 is 0 Å². The number of carbonyl (C=O) groups is 2. The molecule has 2 fully saturated rings. The Balaban J connectivity index is 1.69. The van der Waals surface area contributed by atoms with Crippen LogP contribution >= 0.6 is 0 Å². The van der Waals surface area contributed by atoms with Gasteiger partial charge in [0, 0.05) is 44.0 Å². The Bertz CT molecular complexity index is 624. The minimum Gasteiger partial charge on any atom is -0.396 e. The van der Waals surface area contributed by atoms with E-state index in [0.29, 0.717) is 18.9 Å². The summed E-state index contributed by atoms with van der Waals surface area (Å²) >= 11 is 0. The number of carbonyl (C=O) groups excluding carboxylic acids is 2. The van der Waals surface area contributed by atoms with Gasteiger partial charge in [-0.15, -0.1) is 0 Å². The number of anilines is 2. The van der Waals surface area contributed by atoms with Gasteiger partial charge in [0.25, 0.3) is 0 Å². The van der Waals surface area contributed by atoms with Gasteiger partial charge in [-0.05, 0) is 55.9 Å². The summed E-state index contributed by atoms with van der Waals surface area (Å²) in [5.41, 5.74) is 3.07. The summed E-state index contributed by atoms with van der Waals surface area (Å²) in [6.45, 7) is 4.71. The van der Waals surface area contributed by atoms with E-state index in [1.165, 1.54) is 5.69 Å². The van der Waals surface area contributed by atoms with Crippen molar-refractivity contribution in [3.63, 3.8) is 0 Å². The number of hydrogen-bond acceptors (Lipinski definition) is 4. The molecular formula is C18H25N3O3. The van der Waals surface area contributed by atoms with Crippen LogP contribution in [-0.2, 0) is 4.79 Å². The largest absolute Gasteiger partial charge is 0.396 e. The normalized spacial score (nSPS) is 19.6. The van der Waals surface area contributed by atoms with Crippen LogP contribution in [0.3, 0.4) is 0 Å². The number of aliphatic hydroxyl groups is 1. The van der Waals surface area contributed by atoms with Gasteiger partial charge in [0.2, 0.25) is 5.91 Å². The van der Waals surface area contributed by atoms with Gasteiger partial charge in [0.15, 0.2) is 0 Å². The number of nitrogens with one attached hydrogen (secondary N) is 1. The van der Waals surface area contributed by atoms with Crippen molar-refractivity contribution in [1.82, 2.24) is 5.32 Å². The SMILES string of the molecule is Cc1cc(N2CCC(CCO)CC2)ccc1N1CCC(=O)NC1=O. The van der Waals surface area contributed by atoms with Crippen molar-refractivity contribution in [3.8, 4) is 0 Å². The van der Waals surface area contributed by atoms with Crippen LogP contribution in [0.2, 0.25) is 0 Å². The molecule has 130 valence electrons. The van der Waals surface area contributed by atoms with Gasteiger partial charge in [-0.3, -0.25) is 15.0 Å². The lowest BCUT2D eigenvalue weighted by Crippen LogP contribution is -2.49. The highest BCUT2D eigenvalue weighted by Crippen LogP contribution is 2.30. The highest BCUT2D eigenvalue weighted by molar-refractivity contribution is 6.06. The molecule has 2 heterocycles. The minimum absolute atomic E-state index is 0.212. The average Bonchev–Trinajstić information content (AvgIpc) is 2.56. The van der Waals surface area contributed by atoms with E-state index in [2.05, 4.69) is 22.3 Å². The minimum atomic E-state index is -0.341. The zero-order chi connectivity index (χ0) is 17.1. The number of benzene rings is 1. The van der Waals surface area contributed by atoms with E-state index in [4.69, 9.17) is 5.11 Å². The van der Waals surface area contributed by atoms with Crippen LogP contribution in [0.4, 0.5) is 16.2 Å². The Morgan fingerprint density at radius 3 is 2.58 bits per heavy atom. The lowest BCUT2D eigenvalue weighted by molar-refractivity contribution is -0.120. The Morgan fingerprint density at radius 1 is 1.21 bits per heavy atom. The van der Waals surface area contributed by atoms with Gasteiger partial charge < -0.3 is 10.0 Å². The maximum atomic E-state index is 12.0. The first kappa shape index (κ1) is 16.8. The molecule has 0 unspecified atom stereocenters. The summed E-state index contributed by atoms with van der Waals surface area (Å²) in [6.07, 6.45) is 3.45. The molecule has 3 amide bonds. The Labute approximate surface area is 142 Å². The highest BCUT2D eigenvalue weighted by Gasteiger charge is 2.26. The summed E-state index contributed by atoms with van der Waals surface area (Å²) < 4.78 is 0. The molecule has 0 bridgehead atoms. The highest BCUT2D eigenvalue weighted by atomic mass is 16.3. The second kappa shape index (κ2) is 7.21. The molecule has 0 aromatic heterocycles. The number of aryl methyl sites for hydroxylation is 1. The van der Waals surface area contributed by atoms with Gasteiger partial charge in [0.05, 0.1) is 0 Å². The van der Waals surface area contributed by atoms with Crippen molar-refractivity contribution in [2.24, 2.45) is 5.92 Å². The fourth-order valence-corrected chi connectivity index (χ4v) is 3.60. The molecular weight excluding hydrogens is 306 g/mol. The van der Waals surface area contributed by atoms with Crippen LogP contribution in [0.5, 0.6) is 0 Å². The molecule has 2 N–H and O–H groups in total. The van der Waals surface area contributed by atoms with Gasteiger partial charge in [-0.2, -0.15) is 0 Å². The number of amides is 3. The van der Waals surface area contributed by atoms with Crippen molar-refractivity contribution in [2.45, 2.75) is 32.6 Å². The predicted molar refractivity (Wildman–Crippen MR) is 93.3 cm³/mol. The molecule has 1 aromatic rings. The number of imide groups is 1. The van der Waals surface area contributed by atoms with Gasteiger partial charge in [-0.1, -0.05) is 0 Å². The maximum Gasteiger partial charge on any atom is 0.328 e. The van der Waals surface area contributed by atoms with E-state index in [1.54, 1.807) is 4.90 Å². The van der Waals surface area contributed by atoms with Crippen molar-refractivity contribution < 1.29 is 14.7 Å². The average molecular weight is 331 g/mol. The predicted octanol–water partition coefficient (Wildman–Crippen LogP) is 2.04. The molecule has 0 aliphatic carbocycles. The number of hydrogen-bond donors (Lipinski definition) is 2. The summed E-state index contributed by atoms with van der Waals surface area (Å²) in [7, 11) is 0. The number of urea groups is 1. The van der Waals surface area contributed by atoms with Gasteiger partial charge in [-0.25, -0.2) is 4.79 Å². The quantitative estimate of drug-likeness (QED) is 0.885. The van der Waals surface area contributed by atoms with Crippen molar-refractivity contribution in [2.75, 3.05) is 36.0 Å². The Kier molecular flexibility index (Phi) is 5.04. The molecule has 6 nitrogen and oxygen atoms in total. The van der Waals surface area contributed by atoms with E-state index >= 15 is 0 Å². The molecule has 0 spiro atoms. The standard InChI is InChI=1S/C18H25N3O3/c1-13-12-15(20-8-4-14(5-9-20)7-11-22)2-3-16(13)21-10-6-17(23)19-18(21)24/h2-3,12,14,22H,4-11H2,1H3,(H,19,23,24). The summed E-state index contributed by atoms with van der Waals surface area (Å²) in [5, 5.41) is 11.4. The third-order valence-corrected chi connectivity index (χ3v) is 5.04. The fraction of sp³-hybridized carbons (Fsp3) is 0.556. The molecule has 2 saturated heterocycles. The summed E-state index contributed by atoms with van der Waals surface area (Å²) in [4.78, 5) is 27.3. The molecule has 24 heavy (non-hydrogen) atoms. The molecule has 0 saturated carbocycles. The van der Waals surface area contributed by atoms with Crippen LogP contribution in [0.1, 0.15) is 31.2 Å². The number of aliphatic hydroxyl groups excluding tert-OH is 1. The van der Waals surface area contributed by atoms with Crippen LogP contribution in [0.15, 0.2) is 18.2 Å². The van der Waals surface area contributed by atoms with Crippen LogP contribution < -0.4 is 15.1 Å². The summed E-state index contributed by atoms with van der Waals surface area (Å²) in [6, 6.07) is 5.80. The zero-order valence-corrected chi connectivity index (χ0v) is 14.1. The lowest BCUT2D eigenvalue weighted by Gasteiger charge is -2.34.